The molecule has 2 rings (SSSR count). The summed E-state index contributed by atoms with van der Waals surface area (Å²) in [6.07, 6.45) is 11.3. The van der Waals surface area contributed by atoms with E-state index >= 15 is 0 Å². The zero-order chi connectivity index (χ0) is 19.5. The molecule has 27 heavy (non-hydrogen) atoms. The summed E-state index contributed by atoms with van der Waals surface area (Å²) in [5, 5.41) is 11.9. The number of rotatable bonds is 12. The third kappa shape index (κ3) is 7.11. The van der Waals surface area contributed by atoms with E-state index in [2.05, 4.69) is 22.2 Å². The molecule has 0 fully saturated rings. The summed E-state index contributed by atoms with van der Waals surface area (Å²) in [7, 11) is 0. The van der Waals surface area contributed by atoms with Crippen LogP contribution in [-0.2, 0) is 6.42 Å². The normalized spacial score (nSPS) is 11.4. The van der Waals surface area contributed by atoms with Crippen molar-refractivity contribution in [2.75, 3.05) is 6.61 Å². The summed E-state index contributed by atoms with van der Waals surface area (Å²) in [5.41, 5.74) is 0.883. The minimum atomic E-state index is 0.476. The van der Waals surface area contributed by atoms with E-state index in [0.717, 1.165) is 24.2 Å². The number of aromatic amines is 1. The Labute approximate surface area is 171 Å². The molecule has 148 valence electrons. The minimum absolute atomic E-state index is 0.476. The van der Waals surface area contributed by atoms with Crippen molar-refractivity contribution in [3.63, 3.8) is 0 Å². The lowest BCUT2D eigenvalue weighted by Gasteiger charge is -2.08. The van der Waals surface area contributed by atoms with Crippen molar-refractivity contribution >= 4 is 30.0 Å². The Bertz CT molecular complexity index is 785. The molecule has 5 nitrogen and oxygen atoms in total. The molecular weight excluding hydrogens is 380 g/mol. The number of hydrogen-bond donors (Lipinski definition) is 1. The molecule has 0 unspecified atom stereocenters. The van der Waals surface area contributed by atoms with Gasteiger partial charge in [0, 0.05) is 6.42 Å². The molecule has 1 aromatic carbocycles. The summed E-state index contributed by atoms with van der Waals surface area (Å²) in [6.45, 7) is 4.94. The summed E-state index contributed by atoms with van der Waals surface area (Å²) in [4.78, 5) is 0. The first kappa shape index (κ1) is 21.6. The van der Waals surface area contributed by atoms with Gasteiger partial charge in [0.25, 0.3) is 0 Å². The average molecular weight is 409 g/mol. The van der Waals surface area contributed by atoms with Gasteiger partial charge in [0.2, 0.25) is 4.77 Å². The number of benzene rings is 1. The fourth-order valence-corrected chi connectivity index (χ4v) is 3.19. The summed E-state index contributed by atoms with van der Waals surface area (Å²) in [6, 6.07) is 5.67. The van der Waals surface area contributed by atoms with Crippen LogP contribution in [0.3, 0.4) is 0 Å². The fourth-order valence-electron chi connectivity index (χ4n) is 2.75. The highest BCUT2D eigenvalue weighted by Crippen LogP contribution is 2.25. The lowest BCUT2D eigenvalue weighted by atomic mass is 10.1. The van der Waals surface area contributed by atoms with Crippen LogP contribution >= 0.6 is 23.8 Å². The molecule has 0 amide bonds. The number of hydrogen-bond acceptors (Lipinski definition) is 4. The van der Waals surface area contributed by atoms with Gasteiger partial charge in [-0.05, 0) is 42.4 Å². The van der Waals surface area contributed by atoms with E-state index in [0.29, 0.717) is 22.2 Å². The van der Waals surface area contributed by atoms with Crippen LogP contribution in [0.15, 0.2) is 23.3 Å². The van der Waals surface area contributed by atoms with Crippen molar-refractivity contribution in [1.29, 1.82) is 0 Å². The predicted molar refractivity (Wildman–Crippen MR) is 115 cm³/mol. The van der Waals surface area contributed by atoms with Gasteiger partial charge >= 0.3 is 0 Å². The van der Waals surface area contributed by atoms with Crippen LogP contribution in [0, 0.1) is 4.77 Å². The minimum Gasteiger partial charge on any atom is -0.492 e. The Morgan fingerprint density at radius 3 is 2.63 bits per heavy atom. The van der Waals surface area contributed by atoms with E-state index in [1.807, 2.05) is 25.1 Å². The van der Waals surface area contributed by atoms with E-state index in [4.69, 9.17) is 28.6 Å². The molecule has 0 saturated heterocycles. The number of nitrogens with one attached hydrogen (secondary N) is 1. The Balaban J connectivity index is 1.82. The molecule has 2 aromatic rings. The van der Waals surface area contributed by atoms with Crippen molar-refractivity contribution in [3.05, 3.63) is 39.4 Å². The molecule has 1 heterocycles. The maximum Gasteiger partial charge on any atom is 0.216 e. The smallest absolute Gasteiger partial charge is 0.216 e. The second-order valence-corrected chi connectivity index (χ2v) is 7.31. The van der Waals surface area contributed by atoms with Crippen LogP contribution in [-0.4, -0.2) is 27.7 Å². The topological polar surface area (TPSA) is 55.2 Å². The molecule has 0 aliphatic rings. The number of ether oxygens (including phenoxy) is 1. The third-order valence-corrected chi connectivity index (χ3v) is 4.88. The molecule has 0 saturated carbocycles. The molecule has 1 aromatic heterocycles. The fraction of sp³-hybridized carbons (Fsp3) is 0.550. The highest BCUT2D eigenvalue weighted by Gasteiger charge is 2.04. The van der Waals surface area contributed by atoms with Gasteiger partial charge in [-0.25, -0.2) is 0 Å². The number of nitrogens with zero attached hydrogens (tertiary/aromatic N) is 3. The lowest BCUT2D eigenvalue weighted by molar-refractivity contribution is 0.304. The molecular formula is C20H29ClN4OS. The van der Waals surface area contributed by atoms with Gasteiger partial charge < -0.3 is 4.74 Å². The molecule has 1 N–H and O–H groups in total. The molecule has 0 radical (unpaired) electrons. The number of halogens is 1. The van der Waals surface area contributed by atoms with Crippen molar-refractivity contribution in [2.24, 2.45) is 5.10 Å². The summed E-state index contributed by atoms with van der Waals surface area (Å²) < 4.78 is 7.91. The van der Waals surface area contributed by atoms with Gasteiger partial charge in [0.05, 0.1) is 17.8 Å². The molecule has 0 atom stereocenters. The maximum atomic E-state index is 6.34. The number of aryl methyl sites for hydroxylation is 1. The van der Waals surface area contributed by atoms with E-state index in [1.165, 1.54) is 38.5 Å². The second kappa shape index (κ2) is 11.9. The SMILES string of the molecule is CCCCCCCCCOc1ccc(/C=N\n2c(CC)n[nH]c2=S)cc1Cl. The van der Waals surface area contributed by atoms with Crippen molar-refractivity contribution < 1.29 is 4.74 Å². The maximum absolute atomic E-state index is 6.34. The van der Waals surface area contributed by atoms with Gasteiger partial charge in [0.1, 0.15) is 5.75 Å². The number of unbranched alkanes of at least 4 members (excludes halogenated alkanes) is 6. The molecule has 0 spiro atoms. The largest absolute Gasteiger partial charge is 0.492 e. The average Bonchev–Trinajstić information content (AvgIpc) is 3.03. The predicted octanol–water partition coefficient (Wildman–Crippen LogP) is 6.17. The summed E-state index contributed by atoms with van der Waals surface area (Å²) in [5.74, 6) is 1.51. The van der Waals surface area contributed by atoms with Gasteiger partial charge in [0.15, 0.2) is 5.82 Å². The third-order valence-electron chi connectivity index (χ3n) is 4.32. The lowest BCUT2D eigenvalue weighted by Crippen LogP contribution is -1.99. The van der Waals surface area contributed by atoms with E-state index in [1.54, 1.807) is 10.9 Å². The van der Waals surface area contributed by atoms with E-state index in [9.17, 15) is 0 Å². The van der Waals surface area contributed by atoms with Crippen LogP contribution in [0.1, 0.15) is 70.2 Å². The van der Waals surface area contributed by atoms with Crippen LogP contribution < -0.4 is 4.74 Å². The zero-order valence-corrected chi connectivity index (χ0v) is 17.8. The Kier molecular flexibility index (Phi) is 9.56. The standard InChI is InChI=1S/C20H29ClN4OS/c1-3-5-6-7-8-9-10-13-26-18-12-11-16(14-17(18)21)15-22-25-19(4-2)23-24-20(25)27/h11-12,14-15H,3-10,13H2,1-2H3,(H,24,27)/b22-15-. The number of aromatic nitrogens is 3. The van der Waals surface area contributed by atoms with Crippen LogP contribution in [0.4, 0.5) is 0 Å². The van der Waals surface area contributed by atoms with Gasteiger partial charge in [-0.1, -0.05) is 64.0 Å². The van der Waals surface area contributed by atoms with Gasteiger partial charge in [-0.2, -0.15) is 14.9 Å². The monoisotopic (exact) mass is 408 g/mol. The quantitative estimate of drug-likeness (QED) is 0.259. The first-order chi connectivity index (χ1) is 13.2. The van der Waals surface area contributed by atoms with Gasteiger partial charge in [-0.15, -0.1) is 0 Å². The highest BCUT2D eigenvalue weighted by atomic mass is 35.5. The second-order valence-electron chi connectivity index (χ2n) is 6.51. The number of H-pyrrole nitrogens is 1. The van der Waals surface area contributed by atoms with Gasteiger partial charge in [-0.3, -0.25) is 5.10 Å². The molecule has 7 heteroatoms. The highest BCUT2D eigenvalue weighted by molar-refractivity contribution is 7.71. The Morgan fingerprint density at radius 1 is 1.19 bits per heavy atom. The first-order valence-electron chi connectivity index (χ1n) is 9.78. The van der Waals surface area contributed by atoms with E-state index < -0.39 is 0 Å². The molecule has 0 aliphatic heterocycles. The Hall–Kier alpha value is -1.66. The molecule has 0 bridgehead atoms. The molecule has 0 aliphatic carbocycles. The van der Waals surface area contributed by atoms with Crippen LogP contribution in [0.25, 0.3) is 0 Å². The summed E-state index contributed by atoms with van der Waals surface area (Å²) >= 11 is 11.5. The Morgan fingerprint density at radius 2 is 1.93 bits per heavy atom. The van der Waals surface area contributed by atoms with Crippen molar-refractivity contribution in [2.45, 2.75) is 65.2 Å². The van der Waals surface area contributed by atoms with Crippen LogP contribution in [0.5, 0.6) is 5.75 Å². The van der Waals surface area contributed by atoms with Crippen LogP contribution in [0.2, 0.25) is 5.02 Å². The first-order valence-corrected chi connectivity index (χ1v) is 10.6. The van der Waals surface area contributed by atoms with Crippen molar-refractivity contribution in [3.8, 4) is 5.75 Å². The van der Waals surface area contributed by atoms with Crippen molar-refractivity contribution in [1.82, 2.24) is 14.9 Å². The zero-order valence-electron chi connectivity index (χ0n) is 16.2. The van der Waals surface area contributed by atoms with E-state index in [-0.39, 0.29) is 0 Å².